The van der Waals surface area contributed by atoms with Gasteiger partial charge in [0.25, 0.3) is 0 Å². The van der Waals surface area contributed by atoms with E-state index >= 15 is 0 Å². The van der Waals surface area contributed by atoms with Gasteiger partial charge in [0, 0.05) is 19.6 Å². The number of anilines is 2. The molecule has 24 heavy (non-hydrogen) atoms. The van der Waals surface area contributed by atoms with Gasteiger partial charge in [0.15, 0.2) is 0 Å². The predicted molar refractivity (Wildman–Crippen MR) is 91.4 cm³/mol. The van der Waals surface area contributed by atoms with E-state index in [0.717, 1.165) is 0 Å². The zero-order chi connectivity index (χ0) is 16.9. The molecule has 2 N–H and O–H groups in total. The Morgan fingerprint density at radius 3 is 2.04 bits per heavy atom. The number of carbonyl (C=O) groups excluding carboxylic acids is 1. The van der Waals surface area contributed by atoms with Crippen molar-refractivity contribution in [2.75, 3.05) is 24.5 Å². The highest BCUT2D eigenvalue weighted by Crippen LogP contribution is 2.27. The number of urea groups is 1. The fourth-order valence-corrected chi connectivity index (χ4v) is 2.81. The van der Waals surface area contributed by atoms with Gasteiger partial charge in [-0.25, -0.2) is 9.59 Å². The molecule has 0 bridgehead atoms. The first kappa shape index (κ1) is 16.0. The second-order valence-electron chi connectivity index (χ2n) is 5.54. The number of piperazine rings is 1. The van der Waals surface area contributed by atoms with E-state index in [1.165, 1.54) is 4.90 Å². The van der Waals surface area contributed by atoms with Crippen LogP contribution in [0, 0.1) is 0 Å². The first-order valence-corrected chi connectivity index (χ1v) is 7.83. The van der Waals surface area contributed by atoms with Gasteiger partial charge in [-0.3, -0.25) is 4.90 Å². The number of benzene rings is 2. The fraction of sp³-hybridized carbons (Fsp3) is 0.222. The highest BCUT2D eigenvalue weighted by Gasteiger charge is 2.35. The van der Waals surface area contributed by atoms with Crippen LogP contribution in [0.2, 0.25) is 0 Å². The van der Waals surface area contributed by atoms with Crippen molar-refractivity contribution in [1.82, 2.24) is 10.2 Å². The van der Waals surface area contributed by atoms with E-state index in [1.54, 1.807) is 4.90 Å². The third-order valence-corrected chi connectivity index (χ3v) is 3.99. The van der Waals surface area contributed by atoms with Crippen molar-refractivity contribution in [2.45, 2.75) is 6.04 Å². The molecular formula is C18H19N3O3. The number of amides is 2. The molecule has 1 saturated heterocycles. The molecule has 0 unspecified atom stereocenters. The molecule has 0 saturated carbocycles. The van der Waals surface area contributed by atoms with Crippen molar-refractivity contribution in [3.05, 3.63) is 60.7 Å². The molecule has 1 fully saturated rings. The van der Waals surface area contributed by atoms with E-state index in [2.05, 4.69) is 5.32 Å². The first-order valence-electron chi connectivity index (χ1n) is 7.83. The van der Waals surface area contributed by atoms with Crippen LogP contribution in [0.15, 0.2) is 60.7 Å². The Morgan fingerprint density at radius 2 is 1.54 bits per heavy atom. The smallest absolute Gasteiger partial charge is 0.329 e. The topological polar surface area (TPSA) is 72.9 Å². The highest BCUT2D eigenvalue weighted by atomic mass is 16.4. The molecule has 1 aliphatic rings. The monoisotopic (exact) mass is 325 g/mol. The van der Waals surface area contributed by atoms with Crippen molar-refractivity contribution >= 4 is 23.4 Å². The average molecular weight is 325 g/mol. The third kappa shape index (κ3) is 3.23. The van der Waals surface area contributed by atoms with Crippen LogP contribution in [0.4, 0.5) is 16.2 Å². The van der Waals surface area contributed by atoms with Crippen molar-refractivity contribution in [3.63, 3.8) is 0 Å². The Labute approximate surface area is 140 Å². The minimum atomic E-state index is -1.00. The van der Waals surface area contributed by atoms with Gasteiger partial charge in [0.1, 0.15) is 6.04 Å². The number of rotatable bonds is 3. The SMILES string of the molecule is O=C(O)[C@@H]1CNCCN1C(=O)N(c1ccccc1)c1ccccc1. The first-order chi connectivity index (χ1) is 11.7. The molecule has 124 valence electrons. The van der Waals surface area contributed by atoms with Gasteiger partial charge in [-0.2, -0.15) is 0 Å². The van der Waals surface area contributed by atoms with Crippen LogP contribution >= 0.6 is 0 Å². The van der Waals surface area contributed by atoms with Crippen LogP contribution in [-0.4, -0.2) is 47.7 Å². The Morgan fingerprint density at radius 1 is 1.00 bits per heavy atom. The lowest BCUT2D eigenvalue weighted by Crippen LogP contribution is -2.59. The lowest BCUT2D eigenvalue weighted by molar-refractivity contribution is -0.142. The van der Waals surface area contributed by atoms with Crippen LogP contribution in [0.25, 0.3) is 0 Å². The van der Waals surface area contributed by atoms with Crippen molar-refractivity contribution in [1.29, 1.82) is 0 Å². The van der Waals surface area contributed by atoms with Crippen molar-refractivity contribution in [2.24, 2.45) is 0 Å². The van der Waals surface area contributed by atoms with Crippen LogP contribution in [0.5, 0.6) is 0 Å². The standard InChI is InChI=1S/C18H19N3O3/c22-17(23)16-13-19-11-12-20(16)18(24)21(14-7-3-1-4-8-14)15-9-5-2-6-10-15/h1-10,16,19H,11-13H2,(H,22,23)/t16-/m0/s1. The Hall–Kier alpha value is -2.86. The number of carboxylic acids is 1. The molecule has 2 amide bonds. The van der Waals surface area contributed by atoms with Gasteiger partial charge in [-0.05, 0) is 24.3 Å². The molecule has 2 aromatic rings. The zero-order valence-corrected chi connectivity index (χ0v) is 13.1. The van der Waals surface area contributed by atoms with E-state index < -0.39 is 12.0 Å². The summed E-state index contributed by atoms with van der Waals surface area (Å²) in [5, 5.41) is 12.5. The van der Waals surface area contributed by atoms with Crippen molar-refractivity contribution in [3.8, 4) is 0 Å². The number of carboxylic acid groups (broad SMARTS) is 1. The summed E-state index contributed by atoms with van der Waals surface area (Å²) in [5.74, 6) is -1.00. The third-order valence-electron chi connectivity index (χ3n) is 3.99. The molecule has 1 heterocycles. The van der Waals surface area contributed by atoms with E-state index in [0.29, 0.717) is 24.5 Å². The summed E-state index contributed by atoms with van der Waals surface area (Å²) in [6, 6.07) is 17.3. The maximum atomic E-state index is 13.2. The van der Waals surface area contributed by atoms with Gasteiger partial charge in [0.05, 0.1) is 11.4 Å². The van der Waals surface area contributed by atoms with Gasteiger partial charge in [-0.15, -0.1) is 0 Å². The second-order valence-corrected chi connectivity index (χ2v) is 5.54. The molecule has 2 aromatic carbocycles. The second kappa shape index (κ2) is 7.14. The minimum absolute atomic E-state index is 0.249. The molecule has 1 aliphatic heterocycles. The molecule has 0 spiro atoms. The summed E-state index contributed by atoms with van der Waals surface area (Å²) < 4.78 is 0. The quantitative estimate of drug-likeness (QED) is 0.908. The lowest BCUT2D eigenvalue weighted by Gasteiger charge is -2.37. The molecule has 6 nitrogen and oxygen atoms in total. The fourth-order valence-electron chi connectivity index (χ4n) is 2.81. The summed E-state index contributed by atoms with van der Waals surface area (Å²) in [6.07, 6.45) is 0. The maximum Gasteiger partial charge on any atom is 0.329 e. The summed E-state index contributed by atoms with van der Waals surface area (Å²) in [4.78, 5) is 27.7. The van der Waals surface area contributed by atoms with E-state index in [1.807, 2.05) is 60.7 Å². The maximum absolute atomic E-state index is 13.2. The molecule has 3 rings (SSSR count). The number of para-hydroxylation sites is 2. The van der Waals surface area contributed by atoms with Crippen LogP contribution in [-0.2, 0) is 4.79 Å². The number of hydrogen-bond acceptors (Lipinski definition) is 3. The van der Waals surface area contributed by atoms with Crippen molar-refractivity contribution < 1.29 is 14.7 Å². The summed E-state index contributed by atoms with van der Waals surface area (Å²) >= 11 is 0. The zero-order valence-electron chi connectivity index (χ0n) is 13.1. The van der Waals surface area contributed by atoms with Gasteiger partial charge < -0.3 is 15.3 Å². The number of hydrogen-bond donors (Lipinski definition) is 2. The predicted octanol–water partition coefficient (Wildman–Crippen LogP) is 2.30. The molecule has 0 aliphatic carbocycles. The van der Waals surface area contributed by atoms with Gasteiger partial charge in [-0.1, -0.05) is 36.4 Å². The number of nitrogens with zero attached hydrogens (tertiary/aromatic N) is 2. The number of nitrogens with one attached hydrogen (secondary N) is 1. The average Bonchev–Trinajstić information content (AvgIpc) is 2.63. The van der Waals surface area contributed by atoms with Crippen LogP contribution < -0.4 is 10.2 Å². The molecule has 0 aromatic heterocycles. The highest BCUT2D eigenvalue weighted by molar-refractivity contribution is 6.01. The summed E-state index contributed by atoms with van der Waals surface area (Å²) in [7, 11) is 0. The molecule has 6 heteroatoms. The van der Waals surface area contributed by atoms with Gasteiger partial charge in [0.2, 0.25) is 0 Å². The summed E-state index contributed by atoms with van der Waals surface area (Å²) in [5.41, 5.74) is 1.41. The Bertz CT molecular complexity index is 666. The largest absolute Gasteiger partial charge is 0.480 e. The van der Waals surface area contributed by atoms with E-state index in [4.69, 9.17) is 0 Å². The number of aliphatic carboxylic acids is 1. The van der Waals surface area contributed by atoms with Crippen LogP contribution in [0.3, 0.4) is 0 Å². The van der Waals surface area contributed by atoms with E-state index in [9.17, 15) is 14.7 Å². The Balaban J connectivity index is 1.99. The lowest BCUT2D eigenvalue weighted by atomic mass is 10.2. The molecular weight excluding hydrogens is 306 g/mol. The molecule has 1 atom stereocenters. The minimum Gasteiger partial charge on any atom is -0.480 e. The molecule has 0 radical (unpaired) electrons. The normalized spacial score (nSPS) is 17.3. The van der Waals surface area contributed by atoms with Crippen LogP contribution in [0.1, 0.15) is 0 Å². The van der Waals surface area contributed by atoms with Gasteiger partial charge >= 0.3 is 12.0 Å². The summed E-state index contributed by atoms with van der Waals surface area (Å²) in [6.45, 7) is 1.18. The number of carbonyl (C=O) groups is 2. The van der Waals surface area contributed by atoms with E-state index in [-0.39, 0.29) is 12.6 Å². The Kier molecular flexibility index (Phi) is 4.77.